The Bertz CT molecular complexity index is 184. The Kier molecular flexibility index (Phi) is 21.3. The Labute approximate surface area is 157 Å². The van der Waals surface area contributed by atoms with Crippen LogP contribution in [0.4, 0.5) is 0 Å². The SMILES string of the molecule is CCCCCCC[CH2][Al-]([CH2]CCC)([CH2]CCC)[CH2]CCC.[Li+]. The monoisotopic (exact) mass is 318 g/mol. The molecule has 0 rings (SSSR count). The molecule has 0 nitrogen and oxygen atoms in total. The van der Waals surface area contributed by atoms with Gasteiger partial charge < -0.3 is 0 Å². The predicted molar refractivity (Wildman–Crippen MR) is 103 cm³/mol. The van der Waals surface area contributed by atoms with E-state index in [2.05, 4.69) is 27.7 Å². The average molecular weight is 318 g/mol. The van der Waals surface area contributed by atoms with Crippen LogP contribution in [0.5, 0.6) is 0 Å². The summed E-state index contributed by atoms with van der Waals surface area (Å²) in [7, 11) is 0. The smallest absolute Gasteiger partial charge is 0.191 e. The molecule has 22 heavy (non-hydrogen) atoms. The van der Waals surface area contributed by atoms with Gasteiger partial charge in [-0.1, -0.05) is 105 Å². The second kappa shape index (κ2) is 18.5. The minimum absolute atomic E-state index is 0. The zero-order valence-electron chi connectivity index (χ0n) is 16.9. The van der Waals surface area contributed by atoms with E-state index in [1.807, 2.05) is 0 Å². The third-order valence-electron chi connectivity index (χ3n) is 5.68. The molecule has 0 N–H and O–H groups in total. The maximum absolute atomic E-state index is 2.38. The summed E-state index contributed by atoms with van der Waals surface area (Å²) in [5.74, 6) is 0. The van der Waals surface area contributed by atoms with Crippen LogP contribution in [-0.4, -0.2) is 13.1 Å². The molecular weight excluding hydrogens is 274 g/mol. The van der Waals surface area contributed by atoms with E-state index in [0.717, 1.165) is 0 Å². The van der Waals surface area contributed by atoms with Crippen LogP contribution in [0.2, 0.25) is 21.1 Å². The van der Waals surface area contributed by atoms with Crippen LogP contribution >= 0.6 is 0 Å². The molecule has 0 amide bonds. The fourth-order valence-corrected chi connectivity index (χ4v) is 10.8. The van der Waals surface area contributed by atoms with Gasteiger partial charge in [0.25, 0.3) is 0 Å². The molecule has 0 aromatic rings. The second-order valence-corrected chi connectivity index (χ2v) is 13.5. The zero-order valence-corrected chi connectivity index (χ0v) is 18.0. The predicted octanol–water partition coefficient (Wildman–Crippen LogP) is 5.20. The number of rotatable bonds is 16. The van der Waals surface area contributed by atoms with Crippen molar-refractivity contribution in [2.75, 3.05) is 0 Å². The third-order valence-corrected chi connectivity index (χ3v) is 12.2. The molecule has 0 heterocycles. The Morgan fingerprint density at radius 1 is 0.409 bits per heavy atom. The van der Waals surface area contributed by atoms with E-state index in [0.29, 0.717) is 0 Å². The van der Waals surface area contributed by atoms with Crippen LogP contribution in [-0.2, 0) is 0 Å². The van der Waals surface area contributed by atoms with Crippen molar-refractivity contribution in [3.05, 3.63) is 0 Å². The molecule has 2 heteroatoms. The molecule has 0 atom stereocenters. The zero-order chi connectivity index (χ0) is 15.8. The van der Waals surface area contributed by atoms with E-state index >= 15 is 0 Å². The molecule has 128 valence electrons. The first-order valence-electron chi connectivity index (χ1n) is 10.5. The summed E-state index contributed by atoms with van der Waals surface area (Å²) in [6.45, 7) is 9.47. The van der Waals surface area contributed by atoms with Gasteiger partial charge in [0.05, 0.1) is 0 Å². The molecule has 0 aliphatic carbocycles. The van der Waals surface area contributed by atoms with Crippen molar-refractivity contribution in [3.8, 4) is 0 Å². The van der Waals surface area contributed by atoms with Crippen molar-refractivity contribution in [1.82, 2.24) is 0 Å². The van der Waals surface area contributed by atoms with Crippen molar-refractivity contribution in [2.45, 2.75) is 126 Å². The quantitative estimate of drug-likeness (QED) is 0.271. The topological polar surface area (TPSA) is 0 Å². The normalized spacial score (nSPS) is 11.5. The summed E-state index contributed by atoms with van der Waals surface area (Å²) in [5.41, 5.74) is 0. The number of hydrogen-bond acceptors (Lipinski definition) is 0. The molecule has 0 aliphatic heterocycles. The minimum atomic E-state index is -1.25. The standard InChI is InChI=1S/C8H17.3C4H9.Al.Li/c1-3-5-7-8-6-4-2;3*1-3-4-2;;/h1,3-8H2,2H3;3*1,3-4H2,2H3;;/q;;;;-1;+1. The van der Waals surface area contributed by atoms with Gasteiger partial charge in [-0.25, -0.2) is 0 Å². The van der Waals surface area contributed by atoms with Crippen LogP contribution in [0.15, 0.2) is 0 Å². The van der Waals surface area contributed by atoms with Gasteiger partial charge in [0.2, 0.25) is 0 Å². The molecular formula is C20H44AlLi. The van der Waals surface area contributed by atoms with E-state index < -0.39 is 13.1 Å². The minimum Gasteiger partial charge on any atom is -0.191 e. The van der Waals surface area contributed by atoms with Gasteiger partial charge in [0, 0.05) is 0 Å². The average Bonchev–Trinajstić information content (AvgIpc) is 2.51. The van der Waals surface area contributed by atoms with Crippen molar-refractivity contribution in [2.24, 2.45) is 0 Å². The molecule has 0 fully saturated rings. The van der Waals surface area contributed by atoms with Gasteiger partial charge >= 0.3 is 18.9 Å². The van der Waals surface area contributed by atoms with E-state index in [9.17, 15) is 0 Å². The van der Waals surface area contributed by atoms with Gasteiger partial charge in [0.1, 0.15) is 13.1 Å². The first-order chi connectivity index (χ1) is 10.2. The third kappa shape index (κ3) is 13.6. The Hall–Kier alpha value is 1.13. The molecule has 0 aliphatic rings. The molecule has 0 saturated heterocycles. The summed E-state index contributed by atoms with van der Waals surface area (Å²) in [6.07, 6.45) is 17.7. The van der Waals surface area contributed by atoms with Gasteiger partial charge in [-0.2, -0.15) is 21.1 Å². The van der Waals surface area contributed by atoms with Crippen LogP contribution < -0.4 is 18.9 Å². The molecule has 0 aromatic heterocycles. The van der Waals surface area contributed by atoms with Gasteiger partial charge in [-0.05, 0) is 0 Å². The van der Waals surface area contributed by atoms with E-state index in [-0.39, 0.29) is 18.9 Å². The largest absolute Gasteiger partial charge is 1.00 e. The van der Waals surface area contributed by atoms with Gasteiger partial charge in [-0.3, -0.25) is 0 Å². The van der Waals surface area contributed by atoms with E-state index in [4.69, 9.17) is 0 Å². The Morgan fingerprint density at radius 3 is 1.14 bits per heavy atom. The van der Waals surface area contributed by atoms with Crippen LogP contribution in [0.25, 0.3) is 0 Å². The summed E-state index contributed by atoms with van der Waals surface area (Å²) in [4.78, 5) is 0. The van der Waals surface area contributed by atoms with Crippen molar-refractivity contribution in [1.29, 1.82) is 0 Å². The Balaban J connectivity index is 0. The number of hydrogen-bond donors (Lipinski definition) is 0. The first-order valence-corrected chi connectivity index (χ1v) is 13.7. The van der Waals surface area contributed by atoms with Gasteiger partial charge in [0.15, 0.2) is 0 Å². The maximum atomic E-state index is 2.38. The van der Waals surface area contributed by atoms with Crippen molar-refractivity contribution >= 4 is 13.1 Å². The molecule has 0 unspecified atom stereocenters. The molecule has 0 spiro atoms. The van der Waals surface area contributed by atoms with E-state index in [1.54, 1.807) is 27.6 Å². The first kappa shape index (κ1) is 25.4. The van der Waals surface area contributed by atoms with E-state index in [1.165, 1.54) is 70.6 Å². The summed E-state index contributed by atoms with van der Waals surface area (Å²) >= 11 is -1.25. The van der Waals surface area contributed by atoms with Crippen molar-refractivity contribution < 1.29 is 18.9 Å². The van der Waals surface area contributed by atoms with Gasteiger partial charge in [-0.15, -0.1) is 0 Å². The van der Waals surface area contributed by atoms with Crippen LogP contribution in [0.3, 0.4) is 0 Å². The Morgan fingerprint density at radius 2 is 0.727 bits per heavy atom. The fraction of sp³-hybridized carbons (Fsp3) is 1.00. The molecule has 0 aromatic carbocycles. The molecule has 0 saturated carbocycles. The molecule has 0 radical (unpaired) electrons. The summed E-state index contributed by atoms with van der Waals surface area (Å²) in [5, 5.41) is 6.68. The second-order valence-electron chi connectivity index (χ2n) is 7.72. The maximum Gasteiger partial charge on any atom is 1.00 e. The van der Waals surface area contributed by atoms with Crippen molar-refractivity contribution in [3.63, 3.8) is 0 Å². The summed E-state index contributed by atoms with van der Waals surface area (Å²) < 4.78 is 0. The van der Waals surface area contributed by atoms with Crippen LogP contribution in [0, 0.1) is 0 Å². The molecule has 0 bridgehead atoms. The summed E-state index contributed by atoms with van der Waals surface area (Å²) in [6, 6.07) is 0. The fourth-order valence-electron chi connectivity index (χ4n) is 4.14. The number of unbranched alkanes of at least 4 members (excludes halogenated alkanes) is 8. The van der Waals surface area contributed by atoms with Crippen LogP contribution in [0.1, 0.15) is 105 Å².